The first-order chi connectivity index (χ1) is 10.2. The zero-order chi connectivity index (χ0) is 14.4. The molecule has 2 heterocycles. The Morgan fingerprint density at radius 2 is 1.81 bits per heavy atom. The van der Waals surface area contributed by atoms with E-state index in [0.717, 1.165) is 36.0 Å². The van der Waals surface area contributed by atoms with E-state index in [9.17, 15) is 9.90 Å². The van der Waals surface area contributed by atoms with E-state index in [0.29, 0.717) is 18.1 Å². The molecule has 0 aromatic heterocycles. The molecule has 21 heavy (non-hydrogen) atoms. The summed E-state index contributed by atoms with van der Waals surface area (Å²) in [6.45, 7) is 1.57. The molecule has 0 radical (unpaired) electrons. The van der Waals surface area contributed by atoms with Crippen LogP contribution in [0.15, 0.2) is 30.3 Å². The number of hydrogen-bond donors (Lipinski definition) is 1. The van der Waals surface area contributed by atoms with Gasteiger partial charge in [-0.3, -0.25) is 0 Å². The average Bonchev–Trinajstić information content (AvgIpc) is 3.34. The lowest BCUT2D eigenvalue weighted by Crippen LogP contribution is -2.06. The number of carbonyl (C=O) groups is 1. The predicted octanol–water partition coefficient (Wildman–Crippen LogP) is 2.42. The van der Waals surface area contributed by atoms with Gasteiger partial charge in [-0.15, -0.1) is 0 Å². The Morgan fingerprint density at radius 1 is 1.10 bits per heavy atom. The second-order valence-electron chi connectivity index (χ2n) is 5.78. The third-order valence-electron chi connectivity index (χ3n) is 4.10. The first kappa shape index (κ1) is 12.8. The number of hydrogen-bond acceptors (Lipinski definition) is 3. The second-order valence-corrected chi connectivity index (χ2v) is 5.78. The molecular formula is C17H16O4. The SMILES string of the molecule is O=C(O)c1c(CC2CO2)ccc2cc(CC3CO3)ccc12. The lowest BCUT2D eigenvalue weighted by molar-refractivity contribution is 0.0698. The van der Waals surface area contributed by atoms with E-state index >= 15 is 0 Å². The highest BCUT2D eigenvalue weighted by Gasteiger charge is 2.26. The molecule has 4 heteroatoms. The fourth-order valence-corrected chi connectivity index (χ4v) is 2.85. The highest BCUT2D eigenvalue weighted by atomic mass is 16.6. The van der Waals surface area contributed by atoms with Crippen molar-refractivity contribution in [2.24, 2.45) is 0 Å². The third-order valence-corrected chi connectivity index (χ3v) is 4.10. The Bertz CT molecular complexity index is 714. The third kappa shape index (κ3) is 2.64. The lowest BCUT2D eigenvalue weighted by Gasteiger charge is -2.10. The highest BCUT2D eigenvalue weighted by molar-refractivity contribution is 6.05. The first-order valence-corrected chi connectivity index (χ1v) is 7.22. The molecule has 4 rings (SSSR count). The molecule has 2 aromatic carbocycles. The molecule has 1 N–H and O–H groups in total. The molecule has 2 aliphatic heterocycles. The van der Waals surface area contributed by atoms with Crippen molar-refractivity contribution >= 4 is 16.7 Å². The molecule has 0 amide bonds. The van der Waals surface area contributed by atoms with Crippen LogP contribution in [0.5, 0.6) is 0 Å². The first-order valence-electron chi connectivity index (χ1n) is 7.22. The Kier molecular flexibility index (Phi) is 2.94. The number of benzene rings is 2. The van der Waals surface area contributed by atoms with Crippen LogP contribution in [0.2, 0.25) is 0 Å². The summed E-state index contributed by atoms with van der Waals surface area (Å²) in [5.41, 5.74) is 2.47. The van der Waals surface area contributed by atoms with Gasteiger partial charge in [0.05, 0.1) is 31.0 Å². The number of fused-ring (bicyclic) bond motifs is 1. The summed E-state index contributed by atoms with van der Waals surface area (Å²) in [5.74, 6) is -0.866. The van der Waals surface area contributed by atoms with Crippen molar-refractivity contribution in [3.05, 3.63) is 47.0 Å². The van der Waals surface area contributed by atoms with Gasteiger partial charge in [-0.1, -0.05) is 30.3 Å². The summed E-state index contributed by atoms with van der Waals surface area (Å²) in [6, 6.07) is 9.93. The minimum absolute atomic E-state index is 0.187. The van der Waals surface area contributed by atoms with Crippen molar-refractivity contribution in [2.75, 3.05) is 13.2 Å². The molecule has 2 atom stereocenters. The van der Waals surface area contributed by atoms with E-state index in [1.54, 1.807) is 0 Å². The zero-order valence-electron chi connectivity index (χ0n) is 11.5. The minimum Gasteiger partial charge on any atom is -0.478 e. The quantitative estimate of drug-likeness (QED) is 0.856. The van der Waals surface area contributed by atoms with Crippen LogP contribution < -0.4 is 0 Å². The number of rotatable bonds is 5. The maximum atomic E-state index is 11.6. The van der Waals surface area contributed by atoms with Crippen LogP contribution in [0.4, 0.5) is 0 Å². The van der Waals surface area contributed by atoms with Gasteiger partial charge in [-0.2, -0.15) is 0 Å². The fraction of sp³-hybridized carbons (Fsp3) is 0.353. The molecule has 2 aromatic rings. The maximum absolute atomic E-state index is 11.6. The minimum atomic E-state index is -0.866. The van der Waals surface area contributed by atoms with Gasteiger partial charge < -0.3 is 14.6 Å². The van der Waals surface area contributed by atoms with Gasteiger partial charge in [-0.25, -0.2) is 4.79 Å². The van der Waals surface area contributed by atoms with Crippen molar-refractivity contribution in [3.8, 4) is 0 Å². The van der Waals surface area contributed by atoms with Crippen molar-refractivity contribution < 1.29 is 19.4 Å². The van der Waals surface area contributed by atoms with Gasteiger partial charge in [0.25, 0.3) is 0 Å². The smallest absolute Gasteiger partial charge is 0.336 e. The second kappa shape index (κ2) is 4.83. The van der Waals surface area contributed by atoms with Crippen LogP contribution in [0, 0.1) is 0 Å². The molecule has 2 aliphatic rings. The summed E-state index contributed by atoms with van der Waals surface area (Å²) in [4.78, 5) is 11.6. The molecule has 0 spiro atoms. The zero-order valence-corrected chi connectivity index (χ0v) is 11.5. The molecule has 2 saturated heterocycles. The Hall–Kier alpha value is -1.91. The van der Waals surface area contributed by atoms with Crippen LogP contribution in [-0.2, 0) is 22.3 Å². The number of epoxide rings is 2. The number of aromatic carboxylic acids is 1. The summed E-state index contributed by atoms with van der Waals surface area (Å²) in [7, 11) is 0. The molecule has 0 saturated carbocycles. The van der Waals surface area contributed by atoms with Crippen molar-refractivity contribution in [2.45, 2.75) is 25.0 Å². The van der Waals surface area contributed by atoms with Crippen LogP contribution in [-0.4, -0.2) is 36.5 Å². The van der Waals surface area contributed by atoms with Crippen LogP contribution in [0.3, 0.4) is 0 Å². The van der Waals surface area contributed by atoms with Gasteiger partial charge in [-0.05, 0) is 21.9 Å². The average molecular weight is 284 g/mol. The van der Waals surface area contributed by atoms with Crippen LogP contribution in [0.1, 0.15) is 21.5 Å². The topological polar surface area (TPSA) is 62.4 Å². The largest absolute Gasteiger partial charge is 0.478 e. The fourth-order valence-electron chi connectivity index (χ4n) is 2.85. The number of carboxylic acid groups (broad SMARTS) is 1. The summed E-state index contributed by atoms with van der Waals surface area (Å²) in [5, 5.41) is 11.3. The molecule has 0 bridgehead atoms. The summed E-state index contributed by atoms with van der Waals surface area (Å²) >= 11 is 0. The Morgan fingerprint density at radius 3 is 2.48 bits per heavy atom. The predicted molar refractivity (Wildman–Crippen MR) is 77.8 cm³/mol. The van der Waals surface area contributed by atoms with E-state index in [1.165, 1.54) is 5.56 Å². The van der Waals surface area contributed by atoms with Gasteiger partial charge >= 0.3 is 5.97 Å². The van der Waals surface area contributed by atoms with Crippen molar-refractivity contribution in [3.63, 3.8) is 0 Å². The lowest BCUT2D eigenvalue weighted by atomic mass is 9.94. The molecule has 4 nitrogen and oxygen atoms in total. The van der Waals surface area contributed by atoms with Gasteiger partial charge in [0.2, 0.25) is 0 Å². The van der Waals surface area contributed by atoms with E-state index in [1.807, 2.05) is 24.3 Å². The molecule has 2 fully saturated rings. The van der Waals surface area contributed by atoms with Gasteiger partial charge in [0, 0.05) is 12.8 Å². The van der Waals surface area contributed by atoms with E-state index in [-0.39, 0.29) is 6.10 Å². The monoisotopic (exact) mass is 284 g/mol. The van der Waals surface area contributed by atoms with Crippen LogP contribution >= 0.6 is 0 Å². The van der Waals surface area contributed by atoms with Crippen LogP contribution in [0.25, 0.3) is 10.8 Å². The van der Waals surface area contributed by atoms with Crippen molar-refractivity contribution in [1.82, 2.24) is 0 Å². The van der Waals surface area contributed by atoms with Crippen molar-refractivity contribution in [1.29, 1.82) is 0 Å². The van der Waals surface area contributed by atoms with Gasteiger partial charge in [0.15, 0.2) is 0 Å². The molecule has 0 aliphatic carbocycles. The normalized spacial score (nSPS) is 23.2. The van der Waals surface area contributed by atoms with E-state index in [2.05, 4.69) is 6.07 Å². The Balaban J connectivity index is 1.77. The maximum Gasteiger partial charge on any atom is 0.336 e. The highest BCUT2D eigenvalue weighted by Crippen LogP contribution is 2.28. The summed E-state index contributed by atoms with van der Waals surface area (Å²) < 4.78 is 10.5. The summed E-state index contributed by atoms with van der Waals surface area (Å²) in [6.07, 6.45) is 2.10. The molecule has 108 valence electrons. The number of ether oxygens (including phenoxy) is 2. The van der Waals surface area contributed by atoms with Gasteiger partial charge in [0.1, 0.15) is 0 Å². The standard InChI is InChI=1S/C17H16O4/c18-17(19)16-12(7-14-9-21-14)3-2-11-5-10(1-4-15(11)16)6-13-8-20-13/h1-5,13-14H,6-9H2,(H,18,19). The molecular weight excluding hydrogens is 268 g/mol. The number of carboxylic acids is 1. The molecule has 2 unspecified atom stereocenters. The van der Waals surface area contributed by atoms with E-state index in [4.69, 9.17) is 9.47 Å². The Labute approximate surface area is 122 Å². The van der Waals surface area contributed by atoms with E-state index < -0.39 is 5.97 Å².